The summed E-state index contributed by atoms with van der Waals surface area (Å²) in [5, 5.41) is 50.1. The molecule has 0 saturated heterocycles. The van der Waals surface area contributed by atoms with Crippen molar-refractivity contribution >= 4 is 19.8 Å². The van der Waals surface area contributed by atoms with E-state index in [0.29, 0.717) is 19.3 Å². The van der Waals surface area contributed by atoms with Crippen molar-refractivity contribution in [3.8, 4) is 0 Å². The highest BCUT2D eigenvalue weighted by atomic mass is 31.2. The van der Waals surface area contributed by atoms with Crippen molar-refractivity contribution in [2.75, 3.05) is 13.2 Å². The van der Waals surface area contributed by atoms with Gasteiger partial charge in [0.2, 0.25) is 0 Å². The van der Waals surface area contributed by atoms with E-state index in [-0.39, 0.29) is 12.8 Å². The van der Waals surface area contributed by atoms with Gasteiger partial charge in [-0.05, 0) is 83.5 Å². The molecular weight excluding hydrogens is 827 g/mol. The third kappa shape index (κ3) is 30.5. The minimum Gasteiger partial charge on any atom is -0.462 e. The van der Waals surface area contributed by atoms with E-state index in [0.717, 1.165) is 77.0 Å². The number of hydrogen-bond acceptors (Lipinski definition) is 12. The van der Waals surface area contributed by atoms with E-state index in [1.165, 1.54) is 19.3 Å². The van der Waals surface area contributed by atoms with Crippen LogP contribution >= 0.6 is 7.82 Å². The van der Waals surface area contributed by atoms with Crippen LogP contribution in [0.5, 0.6) is 0 Å². The van der Waals surface area contributed by atoms with Crippen LogP contribution in [-0.2, 0) is 32.7 Å². The number of phosphoric acid groups is 1. The molecule has 0 aromatic carbocycles. The van der Waals surface area contributed by atoms with E-state index < -0.39 is 75.7 Å². The topological polar surface area (TPSA) is 210 Å². The number of hydrogen-bond donors (Lipinski definition) is 6. The molecular formula is C49H79O13P. The Balaban J connectivity index is 2.53. The van der Waals surface area contributed by atoms with E-state index >= 15 is 0 Å². The van der Waals surface area contributed by atoms with Gasteiger partial charge in [0.15, 0.2) is 6.10 Å². The molecule has 6 unspecified atom stereocenters. The molecule has 0 bridgehead atoms. The summed E-state index contributed by atoms with van der Waals surface area (Å²) in [6.45, 7) is 3.06. The number of allylic oxidation sites excluding steroid dienone is 16. The summed E-state index contributed by atoms with van der Waals surface area (Å²) in [6, 6.07) is 0. The van der Waals surface area contributed by atoms with E-state index in [4.69, 9.17) is 18.5 Å². The molecule has 1 saturated carbocycles. The number of aliphatic hydroxyl groups is 5. The molecule has 14 heteroatoms. The van der Waals surface area contributed by atoms with Crippen LogP contribution in [0.25, 0.3) is 0 Å². The fourth-order valence-electron chi connectivity index (χ4n) is 6.22. The van der Waals surface area contributed by atoms with Crippen LogP contribution in [0.15, 0.2) is 97.2 Å². The largest absolute Gasteiger partial charge is 0.472 e. The van der Waals surface area contributed by atoms with Crippen molar-refractivity contribution in [3.05, 3.63) is 97.2 Å². The second-order valence-corrected chi connectivity index (χ2v) is 16.9. The SMILES string of the molecule is CC/C=C/C/C=C/C/C=C/C/C=C/C/C=C/C/C=C/CCC(=O)OC[C@@H](COP(=O)(O)OC1C(O)C(O)C(O)[C@H](O)C1O)OC(=O)CCCCCCC/C=C/C/C=C/CCCCC. The number of unbranched alkanes of at least 4 members (excludes halogenated alkanes) is 8. The lowest BCUT2D eigenvalue weighted by Gasteiger charge is -2.41. The Labute approximate surface area is 377 Å². The molecule has 1 fully saturated rings. The standard InChI is InChI=1S/C49H79O13P/c1-3-5-7-9-11-13-15-17-19-20-21-22-24-25-27-29-31-33-35-37-42(50)59-39-41(40-60-63(57,58)62-49-47(55)45(53)44(52)46(54)48(49)56)61-43(51)38-36-34-32-30-28-26-23-18-16-14-12-10-8-6-4-2/h5,7,11-14,17-19,21-23,25,27,31,33,41,44-49,52-56H,3-4,6,8-10,15-16,20,24,26,28-30,32,34-40H2,1-2H3,(H,57,58)/b7-5+,13-11+,14-12+,19-17+,22-21+,23-18+,27-25+,33-31+/t41-,44?,45-,46?,47?,48?,49?/m0/s1. The Morgan fingerprint density at radius 2 is 0.937 bits per heavy atom. The first-order valence-electron chi connectivity index (χ1n) is 23.0. The Morgan fingerprint density at radius 3 is 1.44 bits per heavy atom. The van der Waals surface area contributed by atoms with Gasteiger partial charge >= 0.3 is 19.8 Å². The Kier molecular flexibility index (Phi) is 34.9. The normalized spacial score (nSPS) is 22.6. The third-order valence-corrected chi connectivity index (χ3v) is 10.9. The van der Waals surface area contributed by atoms with E-state index in [1.54, 1.807) is 0 Å². The first kappa shape index (κ1) is 57.8. The molecule has 0 radical (unpaired) electrons. The van der Waals surface area contributed by atoms with Crippen LogP contribution in [0.2, 0.25) is 0 Å². The van der Waals surface area contributed by atoms with Gasteiger partial charge in [-0.2, -0.15) is 0 Å². The summed E-state index contributed by atoms with van der Waals surface area (Å²) in [4.78, 5) is 35.7. The molecule has 13 nitrogen and oxygen atoms in total. The zero-order valence-corrected chi connectivity index (χ0v) is 38.7. The summed E-state index contributed by atoms with van der Waals surface area (Å²) in [5.41, 5.74) is 0. The smallest absolute Gasteiger partial charge is 0.462 e. The van der Waals surface area contributed by atoms with Crippen LogP contribution in [0, 0.1) is 0 Å². The molecule has 1 aliphatic rings. The summed E-state index contributed by atoms with van der Waals surface area (Å²) in [5.74, 6) is -1.22. The van der Waals surface area contributed by atoms with Gasteiger partial charge in [-0.25, -0.2) is 4.57 Å². The number of esters is 2. The molecule has 8 atom stereocenters. The minimum atomic E-state index is -5.15. The van der Waals surface area contributed by atoms with Crippen LogP contribution in [0.3, 0.4) is 0 Å². The molecule has 63 heavy (non-hydrogen) atoms. The fourth-order valence-corrected chi connectivity index (χ4v) is 7.20. The summed E-state index contributed by atoms with van der Waals surface area (Å²) >= 11 is 0. The fraction of sp³-hybridized carbons (Fsp3) is 0.633. The highest BCUT2D eigenvalue weighted by molar-refractivity contribution is 7.47. The highest BCUT2D eigenvalue weighted by Crippen LogP contribution is 2.47. The molecule has 0 aliphatic heterocycles. The zero-order chi connectivity index (χ0) is 46.4. The Morgan fingerprint density at radius 1 is 0.508 bits per heavy atom. The van der Waals surface area contributed by atoms with Crippen LogP contribution in [0.4, 0.5) is 0 Å². The molecule has 1 rings (SSSR count). The molecule has 6 N–H and O–H groups in total. The summed E-state index contributed by atoms with van der Waals surface area (Å²) < 4.78 is 33.4. The maximum Gasteiger partial charge on any atom is 0.472 e. The second kappa shape index (κ2) is 38.1. The van der Waals surface area contributed by atoms with E-state index in [1.807, 2.05) is 18.2 Å². The highest BCUT2D eigenvalue weighted by Gasteiger charge is 2.51. The van der Waals surface area contributed by atoms with Gasteiger partial charge in [0.1, 0.15) is 43.2 Å². The predicted molar refractivity (Wildman–Crippen MR) is 248 cm³/mol. The van der Waals surface area contributed by atoms with Crippen molar-refractivity contribution < 1.29 is 63.1 Å². The molecule has 0 heterocycles. The molecule has 0 aromatic heterocycles. The van der Waals surface area contributed by atoms with Crippen LogP contribution in [0.1, 0.15) is 142 Å². The zero-order valence-electron chi connectivity index (χ0n) is 37.8. The molecule has 358 valence electrons. The summed E-state index contributed by atoms with van der Waals surface area (Å²) in [7, 11) is -5.15. The number of rotatable bonds is 36. The van der Waals surface area contributed by atoms with Gasteiger partial charge in [-0.1, -0.05) is 143 Å². The van der Waals surface area contributed by atoms with Gasteiger partial charge in [0, 0.05) is 12.8 Å². The lowest BCUT2D eigenvalue weighted by atomic mass is 9.85. The Hall–Kier alpha value is -3.23. The van der Waals surface area contributed by atoms with Crippen LogP contribution in [-0.4, -0.2) is 98.3 Å². The van der Waals surface area contributed by atoms with Crippen LogP contribution < -0.4 is 0 Å². The number of carbonyl (C=O) groups is 2. The van der Waals surface area contributed by atoms with Gasteiger partial charge in [-0.3, -0.25) is 18.6 Å². The molecule has 0 spiro atoms. The predicted octanol–water partition coefficient (Wildman–Crippen LogP) is 9.05. The lowest BCUT2D eigenvalue weighted by Crippen LogP contribution is -2.64. The number of carbonyl (C=O) groups excluding carboxylic acids is 2. The first-order chi connectivity index (χ1) is 30.4. The number of aliphatic hydroxyl groups excluding tert-OH is 5. The average molecular weight is 907 g/mol. The van der Waals surface area contributed by atoms with E-state index in [2.05, 4.69) is 92.8 Å². The number of phosphoric ester groups is 1. The molecule has 0 aromatic rings. The Bertz CT molecular complexity index is 1470. The minimum absolute atomic E-state index is 0.0330. The molecule has 0 amide bonds. The van der Waals surface area contributed by atoms with Gasteiger partial charge in [0.25, 0.3) is 0 Å². The maximum absolute atomic E-state index is 12.8. The number of ether oxygens (including phenoxy) is 2. The lowest BCUT2D eigenvalue weighted by molar-refractivity contribution is -0.220. The quantitative estimate of drug-likeness (QED) is 0.0150. The van der Waals surface area contributed by atoms with Gasteiger partial charge in [0.05, 0.1) is 6.61 Å². The van der Waals surface area contributed by atoms with Crippen molar-refractivity contribution in [1.82, 2.24) is 0 Å². The van der Waals surface area contributed by atoms with Crippen molar-refractivity contribution in [1.29, 1.82) is 0 Å². The van der Waals surface area contributed by atoms with Gasteiger partial charge in [-0.15, -0.1) is 0 Å². The van der Waals surface area contributed by atoms with Crippen molar-refractivity contribution in [2.24, 2.45) is 0 Å². The van der Waals surface area contributed by atoms with Crippen molar-refractivity contribution in [2.45, 2.75) is 185 Å². The average Bonchev–Trinajstić information content (AvgIpc) is 3.26. The van der Waals surface area contributed by atoms with Gasteiger partial charge < -0.3 is 39.9 Å². The second-order valence-electron chi connectivity index (χ2n) is 15.5. The van der Waals surface area contributed by atoms with E-state index in [9.17, 15) is 44.6 Å². The van der Waals surface area contributed by atoms with Crippen molar-refractivity contribution in [3.63, 3.8) is 0 Å². The molecule has 1 aliphatic carbocycles. The monoisotopic (exact) mass is 907 g/mol. The maximum atomic E-state index is 12.8. The first-order valence-corrected chi connectivity index (χ1v) is 24.5. The summed E-state index contributed by atoms with van der Waals surface area (Å²) in [6.07, 6.45) is 37.6. The third-order valence-electron chi connectivity index (χ3n) is 9.92.